The second-order valence-electron chi connectivity index (χ2n) is 3.79. The number of rotatable bonds is 2. The summed E-state index contributed by atoms with van der Waals surface area (Å²) in [5.74, 6) is 0. The first-order valence-corrected chi connectivity index (χ1v) is 9.02. The molecule has 2 aromatic rings. The number of benzene rings is 1. The summed E-state index contributed by atoms with van der Waals surface area (Å²) in [6, 6.07) is 3.44. The van der Waals surface area contributed by atoms with Gasteiger partial charge >= 0.3 is 10.1 Å². The standard InChI is InChI=1S/C11H8Br3NO3S/c1-2-5-9(13)8-7(4-3-6(12)10(8)14)15-11(5)19(16,17)18/h3-4H,2H2,1H3,(H,16,17,18). The Balaban J connectivity index is 3.03. The van der Waals surface area contributed by atoms with Gasteiger partial charge < -0.3 is 0 Å². The van der Waals surface area contributed by atoms with Crippen LogP contribution in [0.25, 0.3) is 10.9 Å². The van der Waals surface area contributed by atoms with Crippen molar-refractivity contribution in [2.24, 2.45) is 0 Å². The minimum Gasteiger partial charge on any atom is -0.281 e. The molecule has 1 heterocycles. The van der Waals surface area contributed by atoms with Crippen LogP contribution in [0.3, 0.4) is 0 Å². The fourth-order valence-corrected chi connectivity index (χ4v) is 4.69. The van der Waals surface area contributed by atoms with Gasteiger partial charge in [-0.2, -0.15) is 8.42 Å². The molecule has 0 spiro atoms. The molecule has 0 fully saturated rings. The SMILES string of the molecule is CCc1c(S(=O)(=O)O)nc2ccc(Br)c(Br)c2c1Br. The monoisotopic (exact) mass is 471 g/mol. The molecule has 0 bridgehead atoms. The predicted octanol–water partition coefficient (Wildman–Crippen LogP) is 4.33. The van der Waals surface area contributed by atoms with Gasteiger partial charge in [0.2, 0.25) is 0 Å². The molecule has 0 aliphatic carbocycles. The molecule has 0 aliphatic rings. The van der Waals surface area contributed by atoms with Gasteiger partial charge in [0, 0.05) is 24.4 Å². The fraction of sp³-hybridized carbons (Fsp3) is 0.182. The van der Waals surface area contributed by atoms with Crippen LogP contribution in [0.1, 0.15) is 12.5 Å². The highest BCUT2D eigenvalue weighted by Crippen LogP contribution is 2.38. The molecule has 1 aromatic carbocycles. The lowest BCUT2D eigenvalue weighted by molar-refractivity contribution is 0.478. The van der Waals surface area contributed by atoms with Gasteiger partial charge in [-0.05, 0) is 66.3 Å². The Morgan fingerprint density at radius 1 is 1.21 bits per heavy atom. The highest BCUT2D eigenvalue weighted by Gasteiger charge is 2.22. The third-order valence-electron chi connectivity index (χ3n) is 2.64. The largest absolute Gasteiger partial charge is 0.312 e. The third kappa shape index (κ3) is 2.73. The molecule has 8 heteroatoms. The Bertz CT molecular complexity index is 775. The first-order chi connectivity index (χ1) is 8.77. The van der Waals surface area contributed by atoms with Crippen molar-refractivity contribution < 1.29 is 13.0 Å². The summed E-state index contributed by atoms with van der Waals surface area (Å²) in [6.07, 6.45) is 0.428. The van der Waals surface area contributed by atoms with Gasteiger partial charge in [-0.15, -0.1) is 0 Å². The Kier molecular flexibility index (Phi) is 4.37. The van der Waals surface area contributed by atoms with Gasteiger partial charge in [-0.3, -0.25) is 4.55 Å². The zero-order valence-electron chi connectivity index (χ0n) is 9.61. The zero-order valence-corrected chi connectivity index (χ0v) is 15.2. The molecule has 4 nitrogen and oxygen atoms in total. The van der Waals surface area contributed by atoms with E-state index in [0.29, 0.717) is 22.0 Å². The fourth-order valence-electron chi connectivity index (χ4n) is 1.78. The van der Waals surface area contributed by atoms with Crippen molar-refractivity contribution in [1.82, 2.24) is 4.98 Å². The molecule has 0 saturated heterocycles. The quantitative estimate of drug-likeness (QED) is 0.659. The van der Waals surface area contributed by atoms with Crippen LogP contribution in [0.15, 0.2) is 30.6 Å². The highest BCUT2D eigenvalue weighted by molar-refractivity contribution is 9.13. The maximum atomic E-state index is 11.4. The van der Waals surface area contributed by atoms with Gasteiger partial charge in [0.25, 0.3) is 0 Å². The summed E-state index contributed by atoms with van der Waals surface area (Å²) in [4.78, 5) is 4.06. The van der Waals surface area contributed by atoms with Crippen LogP contribution < -0.4 is 0 Å². The Morgan fingerprint density at radius 3 is 2.37 bits per heavy atom. The highest BCUT2D eigenvalue weighted by atomic mass is 79.9. The number of hydrogen-bond donors (Lipinski definition) is 1. The van der Waals surface area contributed by atoms with Gasteiger partial charge in [-0.25, -0.2) is 4.98 Å². The lowest BCUT2D eigenvalue weighted by Crippen LogP contribution is -2.07. The van der Waals surface area contributed by atoms with Gasteiger partial charge in [0.05, 0.1) is 5.52 Å². The Hall–Kier alpha value is -0.0200. The number of fused-ring (bicyclic) bond motifs is 1. The van der Waals surface area contributed by atoms with Crippen LogP contribution in [0, 0.1) is 0 Å². The van der Waals surface area contributed by atoms with E-state index < -0.39 is 10.1 Å². The summed E-state index contributed by atoms with van der Waals surface area (Å²) in [5, 5.41) is 0.460. The van der Waals surface area contributed by atoms with Crippen molar-refractivity contribution in [3.63, 3.8) is 0 Å². The van der Waals surface area contributed by atoms with Gasteiger partial charge in [0.15, 0.2) is 5.03 Å². The van der Waals surface area contributed by atoms with Crippen molar-refractivity contribution >= 4 is 68.8 Å². The summed E-state index contributed by atoms with van der Waals surface area (Å²) < 4.78 is 34.3. The number of halogens is 3. The van der Waals surface area contributed by atoms with Crippen molar-refractivity contribution in [3.8, 4) is 0 Å². The van der Waals surface area contributed by atoms with E-state index in [1.807, 2.05) is 0 Å². The number of nitrogens with zero attached hydrogens (tertiary/aromatic N) is 1. The number of aromatic nitrogens is 1. The van der Waals surface area contributed by atoms with E-state index in [-0.39, 0.29) is 5.03 Å². The van der Waals surface area contributed by atoms with Gasteiger partial charge in [0.1, 0.15) is 0 Å². The van der Waals surface area contributed by atoms with Crippen LogP contribution in [-0.4, -0.2) is 18.0 Å². The van der Waals surface area contributed by atoms with Crippen LogP contribution in [0.2, 0.25) is 0 Å². The summed E-state index contributed by atoms with van der Waals surface area (Å²) in [5.41, 5.74) is 0.931. The molecule has 0 amide bonds. The van der Waals surface area contributed by atoms with Crippen LogP contribution in [0.4, 0.5) is 0 Å². The molecule has 2 rings (SSSR count). The average molecular weight is 474 g/mol. The van der Waals surface area contributed by atoms with Crippen molar-refractivity contribution in [3.05, 3.63) is 31.1 Å². The number of pyridine rings is 1. The maximum Gasteiger partial charge on any atom is 0.312 e. The van der Waals surface area contributed by atoms with E-state index in [9.17, 15) is 13.0 Å². The summed E-state index contributed by atoms with van der Waals surface area (Å²) in [7, 11) is -4.35. The van der Waals surface area contributed by atoms with Crippen LogP contribution in [-0.2, 0) is 16.5 Å². The molecule has 0 unspecified atom stereocenters. The van der Waals surface area contributed by atoms with Crippen molar-refractivity contribution in [1.29, 1.82) is 0 Å². The van der Waals surface area contributed by atoms with Crippen molar-refractivity contribution in [2.45, 2.75) is 18.4 Å². The predicted molar refractivity (Wildman–Crippen MR) is 84.0 cm³/mol. The van der Waals surface area contributed by atoms with Crippen molar-refractivity contribution in [2.75, 3.05) is 0 Å². The topological polar surface area (TPSA) is 67.3 Å². The molecular weight excluding hydrogens is 466 g/mol. The second kappa shape index (κ2) is 5.40. The Morgan fingerprint density at radius 2 is 1.84 bits per heavy atom. The molecule has 102 valence electrons. The van der Waals surface area contributed by atoms with Gasteiger partial charge in [-0.1, -0.05) is 6.92 Å². The molecule has 0 aliphatic heterocycles. The minimum atomic E-state index is -4.35. The third-order valence-corrected chi connectivity index (χ3v) is 6.35. The molecule has 0 radical (unpaired) electrons. The molecule has 1 N–H and O–H groups in total. The van der Waals surface area contributed by atoms with E-state index in [1.54, 1.807) is 19.1 Å². The van der Waals surface area contributed by atoms with E-state index in [2.05, 4.69) is 52.8 Å². The molecular formula is C11H8Br3NO3S. The molecule has 19 heavy (non-hydrogen) atoms. The van der Waals surface area contributed by atoms with E-state index in [4.69, 9.17) is 0 Å². The molecule has 0 saturated carbocycles. The normalized spacial score (nSPS) is 12.1. The molecule has 1 aromatic heterocycles. The smallest absolute Gasteiger partial charge is 0.281 e. The first-order valence-electron chi connectivity index (χ1n) is 5.21. The molecule has 0 atom stereocenters. The van der Waals surface area contributed by atoms with E-state index >= 15 is 0 Å². The summed E-state index contributed by atoms with van der Waals surface area (Å²) >= 11 is 10.2. The maximum absolute atomic E-state index is 11.4. The number of hydrogen-bond acceptors (Lipinski definition) is 3. The lowest BCUT2D eigenvalue weighted by atomic mass is 10.1. The first kappa shape index (κ1) is 15.4. The van der Waals surface area contributed by atoms with E-state index in [0.717, 1.165) is 14.3 Å². The van der Waals surface area contributed by atoms with Crippen LogP contribution >= 0.6 is 47.8 Å². The second-order valence-corrected chi connectivity index (χ2v) is 7.57. The van der Waals surface area contributed by atoms with Crippen LogP contribution in [0.5, 0.6) is 0 Å². The summed E-state index contributed by atoms with van der Waals surface area (Å²) in [6.45, 7) is 1.80. The minimum absolute atomic E-state index is 0.302. The zero-order chi connectivity index (χ0) is 14.4. The Labute approximate surface area is 135 Å². The lowest BCUT2D eigenvalue weighted by Gasteiger charge is -2.12. The van der Waals surface area contributed by atoms with E-state index in [1.165, 1.54) is 0 Å². The average Bonchev–Trinajstić information content (AvgIpc) is 2.32.